The number of amides is 1. The topological polar surface area (TPSA) is 54.0 Å². The predicted octanol–water partition coefficient (Wildman–Crippen LogP) is 2.97. The molecule has 1 saturated heterocycles. The number of pyridine rings is 1. The number of aromatic nitrogens is 1. The van der Waals surface area contributed by atoms with Gasteiger partial charge in [0.15, 0.2) is 0 Å². The highest BCUT2D eigenvalue weighted by molar-refractivity contribution is 6.32. The van der Waals surface area contributed by atoms with Gasteiger partial charge in [0, 0.05) is 16.6 Å². The number of rotatable bonds is 2. The number of carbonyl (C=O) groups is 1. The summed E-state index contributed by atoms with van der Waals surface area (Å²) in [4.78, 5) is 16.6. The molecule has 3 rings (SSSR count). The van der Waals surface area contributed by atoms with Gasteiger partial charge in [0.2, 0.25) is 5.91 Å². The van der Waals surface area contributed by atoms with Crippen LogP contribution < -0.4 is 10.6 Å². The fourth-order valence-electron chi connectivity index (χ4n) is 2.55. The average molecular weight is 290 g/mol. The zero-order valence-corrected chi connectivity index (χ0v) is 11.8. The number of anilines is 1. The van der Waals surface area contributed by atoms with Crippen LogP contribution in [0.5, 0.6) is 0 Å². The van der Waals surface area contributed by atoms with Crippen LogP contribution in [0.25, 0.3) is 10.9 Å². The van der Waals surface area contributed by atoms with Crippen LogP contribution >= 0.6 is 11.6 Å². The van der Waals surface area contributed by atoms with Crippen molar-refractivity contribution in [2.45, 2.75) is 25.3 Å². The maximum atomic E-state index is 12.3. The van der Waals surface area contributed by atoms with E-state index in [1.165, 1.54) is 0 Å². The molecule has 1 aliphatic heterocycles. The van der Waals surface area contributed by atoms with E-state index < -0.39 is 0 Å². The molecule has 1 amide bonds. The molecule has 2 N–H and O–H groups in total. The van der Waals surface area contributed by atoms with Gasteiger partial charge >= 0.3 is 0 Å². The van der Waals surface area contributed by atoms with Crippen LogP contribution in [0.4, 0.5) is 5.69 Å². The Balaban J connectivity index is 1.88. The van der Waals surface area contributed by atoms with E-state index in [-0.39, 0.29) is 11.9 Å². The summed E-state index contributed by atoms with van der Waals surface area (Å²) in [6.45, 7) is 0.895. The average Bonchev–Trinajstić information content (AvgIpc) is 2.48. The summed E-state index contributed by atoms with van der Waals surface area (Å²) in [5.41, 5.74) is 1.44. The minimum absolute atomic E-state index is 0.0149. The Kier molecular flexibility index (Phi) is 3.85. The van der Waals surface area contributed by atoms with Crippen LogP contribution in [0.3, 0.4) is 0 Å². The molecule has 0 radical (unpaired) electrons. The molecule has 1 fully saturated rings. The highest BCUT2D eigenvalue weighted by atomic mass is 35.5. The number of carbonyl (C=O) groups excluding carboxylic acids is 1. The SMILES string of the molecule is O=C(Nc1cc(Cl)cc2cccnc12)[C@H]1CCCCN1. The van der Waals surface area contributed by atoms with Gasteiger partial charge in [-0.3, -0.25) is 9.78 Å². The quantitative estimate of drug-likeness (QED) is 0.894. The second-order valence-corrected chi connectivity index (χ2v) is 5.46. The lowest BCUT2D eigenvalue weighted by Crippen LogP contribution is -2.43. The van der Waals surface area contributed by atoms with Crippen molar-refractivity contribution in [1.82, 2.24) is 10.3 Å². The number of piperidine rings is 1. The largest absolute Gasteiger partial charge is 0.323 e. The van der Waals surface area contributed by atoms with Gasteiger partial charge < -0.3 is 10.6 Å². The summed E-state index contributed by atoms with van der Waals surface area (Å²) < 4.78 is 0. The number of fused-ring (bicyclic) bond motifs is 1. The minimum Gasteiger partial charge on any atom is -0.323 e. The van der Waals surface area contributed by atoms with Crippen molar-refractivity contribution in [3.8, 4) is 0 Å². The van der Waals surface area contributed by atoms with Gasteiger partial charge in [-0.05, 0) is 37.6 Å². The maximum absolute atomic E-state index is 12.3. The van der Waals surface area contributed by atoms with Crippen LogP contribution in [0.15, 0.2) is 30.5 Å². The van der Waals surface area contributed by atoms with Gasteiger partial charge in [0.05, 0.1) is 17.2 Å². The molecule has 20 heavy (non-hydrogen) atoms. The first-order valence-corrected chi connectivity index (χ1v) is 7.20. The third-order valence-electron chi connectivity index (χ3n) is 3.55. The molecule has 2 aromatic rings. The third-order valence-corrected chi connectivity index (χ3v) is 3.77. The van der Waals surface area contributed by atoms with Crippen LogP contribution in [-0.2, 0) is 4.79 Å². The minimum atomic E-state index is -0.124. The highest BCUT2D eigenvalue weighted by Crippen LogP contribution is 2.26. The molecule has 1 aromatic carbocycles. The van der Waals surface area contributed by atoms with Crippen LogP contribution in [-0.4, -0.2) is 23.5 Å². The molecule has 1 aliphatic rings. The molecule has 4 nitrogen and oxygen atoms in total. The van der Waals surface area contributed by atoms with E-state index in [9.17, 15) is 4.79 Å². The monoisotopic (exact) mass is 289 g/mol. The molecule has 2 heterocycles. The standard InChI is InChI=1S/C15H16ClN3O/c16-11-8-10-4-3-7-18-14(10)13(9-11)19-15(20)12-5-1-2-6-17-12/h3-4,7-9,12,17H,1-2,5-6H2,(H,19,20)/t12-/m1/s1. The van der Waals surface area contributed by atoms with E-state index in [1.54, 1.807) is 12.3 Å². The summed E-state index contributed by atoms with van der Waals surface area (Å²) in [6, 6.07) is 7.26. The molecule has 1 atom stereocenters. The Morgan fingerprint density at radius 3 is 3.10 bits per heavy atom. The molecule has 0 bridgehead atoms. The molecular formula is C15H16ClN3O. The lowest BCUT2D eigenvalue weighted by molar-refractivity contribution is -0.118. The van der Waals surface area contributed by atoms with Crippen molar-refractivity contribution in [3.63, 3.8) is 0 Å². The van der Waals surface area contributed by atoms with Gasteiger partial charge in [-0.1, -0.05) is 24.1 Å². The third kappa shape index (κ3) is 2.76. The number of benzene rings is 1. The number of nitrogens with one attached hydrogen (secondary N) is 2. The van der Waals surface area contributed by atoms with Crippen molar-refractivity contribution < 1.29 is 4.79 Å². The first-order chi connectivity index (χ1) is 9.74. The summed E-state index contributed by atoms with van der Waals surface area (Å²) >= 11 is 6.10. The smallest absolute Gasteiger partial charge is 0.241 e. The van der Waals surface area contributed by atoms with E-state index >= 15 is 0 Å². The Morgan fingerprint density at radius 2 is 2.30 bits per heavy atom. The first-order valence-electron chi connectivity index (χ1n) is 6.82. The van der Waals surface area contributed by atoms with E-state index in [4.69, 9.17) is 11.6 Å². The van der Waals surface area contributed by atoms with Crippen molar-refractivity contribution in [2.24, 2.45) is 0 Å². The number of nitrogens with zero attached hydrogens (tertiary/aromatic N) is 1. The van der Waals surface area contributed by atoms with Crippen molar-refractivity contribution in [2.75, 3.05) is 11.9 Å². The molecular weight excluding hydrogens is 274 g/mol. The number of hydrogen-bond donors (Lipinski definition) is 2. The van der Waals surface area contributed by atoms with Gasteiger partial charge in [-0.25, -0.2) is 0 Å². The zero-order valence-electron chi connectivity index (χ0n) is 11.0. The van der Waals surface area contributed by atoms with Crippen LogP contribution in [0.2, 0.25) is 5.02 Å². The van der Waals surface area contributed by atoms with Gasteiger partial charge in [0.25, 0.3) is 0 Å². The lowest BCUT2D eigenvalue weighted by atomic mass is 10.0. The van der Waals surface area contributed by atoms with Crippen molar-refractivity contribution >= 4 is 34.1 Å². The summed E-state index contributed by atoms with van der Waals surface area (Å²) in [7, 11) is 0. The van der Waals surface area contributed by atoms with Crippen LogP contribution in [0, 0.1) is 0 Å². The predicted molar refractivity (Wildman–Crippen MR) is 81.0 cm³/mol. The maximum Gasteiger partial charge on any atom is 0.241 e. The number of halogens is 1. The molecule has 0 unspecified atom stereocenters. The normalized spacial score (nSPS) is 18.9. The summed E-state index contributed by atoms with van der Waals surface area (Å²) in [5.74, 6) is -0.0149. The fraction of sp³-hybridized carbons (Fsp3) is 0.333. The Hall–Kier alpha value is -1.65. The molecule has 1 aromatic heterocycles. The first kappa shape index (κ1) is 13.3. The molecule has 0 aliphatic carbocycles. The molecule has 5 heteroatoms. The second kappa shape index (κ2) is 5.77. The molecule has 0 saturated carbocycles. The van der Waals surface area contributed by atoms with Crippen LogP contribution in [0.1, 0.15) is 19.3 Å². The van der Waals surface area contributed by atoms with E-state index in [0.717, 1.165) is 36.7 Å². The summed E-state index contributed by atoms with van der Waals surface area (Å²) in [5, 5.41) is 7.70. The van der Waals surface area contributed by atoms with E-state index in [0.29, 0.717) is 10.7 Å². The fourth-order valence-corrected chi connectivity index (χ4v) is 2.77. The Bertz CT molecular complexity index is 638. The second-order valence-electron chi connectivity index (χ2n) is 5.02. The Labute approximate surface area is 122 Å². The van der Waals surface area contributed by atoms with E-state index in [2.05, 4.69) is 15.6 Å². The molecule has 0 spiro atoms. The van der Waals surface area contributed by atoms with Crippen molar-refractivity contribution in [3.05, 3.63) is 35.5 Å². The van der Waals surface area contributed by atoms with Gasteiger partial charge in [-0.2, -0.15) is 0 Å². The Morgan fingerprint density at radius 1 is 1.40 bits per heavy atom. The lowest BCUT2D eigenvalue weighted by Gasteiger charge is -2.22. The zero-order chi connectivity index (χ0) is 13.9. The van der Waals surface area contributed by atoms with Gasteiger partial charge in [0.1, 0.15) is 0 Å². The van der Waals surface area contributed by atoms with Crippen molar-refractivity contribution in [1.29, 1.82) is 0 Å². The molecule has 104 valence electrons. The highest BCUT2D eigenvalue weighted by Gasteiger charge is 2.21. The summed E-state index contributed by atoms with van der Waals surface area (Å²) in [6.07, 6.45) is 4.80. The number of hydrogen-bond acceptors (Lipinski definition) is 3. The van der Waals surface area contributed by atoms with E-state index in [1.807, 2.05) is 18.2 Å². The van der Waals surface area contributed by atoms with Gasteiger partial charge in [-0.15, -0.1) is 0 Å².